The third-order valence-electron chi connectivity index (χ3n) is 2.37. The van der Waals surface area contributed by atoms with E-state index in [0.29, 0.717) is 11.3 Å². The molecule has 1 aromatic carbocycles. The van der Waals surface area contributed by atoms with Crippen molar-refractivity contribution >= 4 is 27.5 Å². The van der Waals surface area contributed by atoms with Gasteiger partial charge in [0.05, 0.1) is 6.61 Å². The van der Waals surface area contributed by atoms with Crippen molar-refractivity contribution in [1.29, 1.82) is 0 Å². The molecule has 1 aliphatic rings. The molecule has 14 heavy (non-hydrogen) atoms. The molecule has 0 saturated heterocycles. The van der Waals surface area contributed by atoms with Gasteiger partial charge < -0.3 is 16.2 Å². The zero-order valence-electron chi connectivity index (χ0n) is 7.25. The SMILES string of the molecule is NC1(CO)C(=O)Nc2ccc(Br)cc21. The summed E-state index contributed by atoms with van der Waals surface area (Å²) in [6.07, 6.45) is 0. The number of carbonyl (C=O) groups excluding carboxylic acids is 1. The van der Waals surface area contributed by atoms with Crippen molar-refractivity contribution in [3.63, 3.8) is 0 Å². The summed E-state index contributed by atoms with van der Waals surface area (Å²) in [7, 11) is 0. The van der Waals surface area contributed by atoms with Crippen molar-refractivity contribution in [2.45, 2.75) is 5.54 Å². The molecular weight excluding hydrogens is 248 g/mol. The fourth-order valence-electron chi connectivity index (χ4n) is 1.51. The summed E-state index contributed by atoms with van der Waals surface area (Å²) in [6.45, 7) is -0.401. The first-order valence-electron chi connectivity index (χ1n) is 4.09. The predicted octanol–water partition coefficient (Wildman–Crippen LogP) is 0.547. The predicted molar refractivity (Wildman–Crippen MR) is 55.7 cm³/mol. The smallest absolute Gasteiger partial charge is 0.251 e. The summed E-state index contributed by atoms with van der Waals surface area (Å²) in [5.74, 6) is -0.367. The van der Waals surface area contributed by atoms with Crippen LogP contribution in [-0.2, 0) is 10.3 Å². The maximum atomic E-state index is 11.5. The van der Waals surface area contributed by atoms with Crippen LogP contribution in [0.2, 0.25) is 0 Å². The Morgan fingerprint density at radius 3 is 2.93 bits per heavy atom. The second-order valence-electron chi connectivity index (χ2n) is 3.27. The Balaban J connectivity index is 2.61. The van der Waals surface area contributed by atoms with Crippen LogP contribution in [0.4, 0.5) is 5.69 Å². The summed E-state index contributed by atoms with van der Waals surface area (Å²) >= 11 is 3.29. The molecule has 4 nitrogen and oxygen atoms in total. The van der Waals surface area contributed by atoms with Gasteiger partial charge in [0.15, 0.2) is 0 Å². The third kappa shape index (κ3) is 1.17. The van der Waals surface area contributed by atoms with E-state index in [1.165, 1.54) is 0 Å². The summed E-state index contributed by atoms with van der Waals surface area (Å²) in [5.41, 5.74) is 5.78. The van der Waals surface area contributed by atoms with E-state index in [1.54, 1.807) is 12.1 Å². The van der Waals surface area contributed by atoms with Gasteiger partial charge in [-0.15, -0.1) is 0 Å². The first-order valence-corrected chi connectivity index (χ1v) is 4.88. The van der Waals surface area contributed by atoms with Gasteiger partial charge in [0.2, 0.25) is 0 Å². The van der Waals surface area contributed by atoms with Crippen LogP contribution in [0.1, 0.15) is 5.56 Å². The van der Waals surface area contributed by atoms with Gasteiger partial charge in [0.25, 0.3) is 5.91 Å². The largest absolute Gasteiger partial charge is 0.394 e. The first kappa shape index (κ1) is 9.64. The molecule has 1 unspecified atom stereocenters. The average molecular weight is 257 g/mol. The van der Waals surface area contributed by atoms with Crippen molar-refractivity contribution in [2.75, 3.05) is 11.9 Å². The number of carbonyl (C=O) groups is 1. The van der Waals surface area contributed by atoms with E-state index in [9.17, 15) is 4.79 Å². The molecule has 0 radical (unpaired) electrons. The molecular formula is C9H9BrN2O2. The highest BCUT2D eigenvalue weighted by Gasteiger charge is 2.43. The van der Waals surface area contributed by atoms with Gasteiger partial charge in [-0.05, 0) is 18.2 Å². The van der Waals surface area contributed by atoms with E-state index in [2.05, 4.69) is 21.2 Å². The lowest BCUT2D eigenvalue weighted by Gasteiger charge is -2.18. The van der Waals surface area contributed by atoms with E-state index in [-0.39, 0.29) is 5.91 Å². The number of nitrogens with one attached hydrogen (secondary N) is 1. The number of fused-ring (bicyclic) bond motifs is 1. The minimum absolute atomic E-state index is 0.367. The van der Waals surface area contributed by atoms with Crippen LogP contribution < -0.4 is 11.1 Å². The molecule has 0 saturated carbocycles. The van der Waals surface area contributed by atoms with Gasteiger partial charge in [0, 0.05) is 15.7 Å². The number of rotatable bonds is 1. The summed E-state index contributed by atoms with van der Waals surface area (Å²) < 4.78 is 0.830. The molecule has 1 aromatic rings. The van der Waals surface area contributed by atoms with Gasteiger partial charge in [0.1, 0.15) is 5.54 Å². The highest BCUT2D eigenvalue weighted by molar-refractivity contribution is 9.10. The molecule has 5 heteroatoms. The zero-order chi connectivity index (χ0) is 10.3. The monoisotopic (exact) mass is 256 g/mol. The third-order valence-corrected chi connectivity index (χ3v) is 2.86. The number of aliphatic hydroxyl groups is 1. The van der Waals surface area contributed by atoms with Gasteiger partial charge in [-0.1, -0.05) is 15.9 Å². The number of anilines is 1. The van der Waals surface area contributed by atoms with Crippen LogP contribution in [0.3, 0.4) is 0 Å². The fourth-order valence-corrected chi connectivity index (χ4v) is 1.87. The normalized spacial score (nSPS) is 24.6. The molecule has 74 valence electrons. The lowest BCUT2D eigenvalue weighted by atomic mass is 9.94. The van der Waals surface area contributed by atoms with E-state index in [0.717, 1.165) is 4.47 Å². The molecule has 0 fully saturated rings. The highest BCUT2D eigenvalue weighted by Crippen LogP contribution is 2.35. The van der Waals surface area contributed by atoms with Crippen molar-refractivity contribution in [2.24, 2.45) is 5.73 Å². The number of halogens is 1. The molecule has 0 bridgehead atoms. The molecule has 1 amide bonds. The van der Waals surface area contributed by atoms with E-state index in [1.807, 2.05) is 6.07 Å². The van der Waals surface area contributed by atoms with Crippen LogP contribution in [0.5, 0.6) is 0 Å². The molecule has 0 aromatic heterocycles. The Kier molecular flexibility index (Phi) is 2.10. The maximum Gasteiger partial charge on any atom is 0.251 e. The number of hydrogen-bond donors (Lipinski definition) is 3. The van der Waals surface area contributed by atoms with Crippen LogP contribution in [0.25, 0.3) is 0 Å². The average Bonchev–Trinajstić information content (AvgIpc) is 2.41. The second kappa shape index (κ2) is 3.05. The van der Waals surface area contributed by atoms with E-state index >= 15 is 0 Å². The minimum Gasteiger partial charge on any atom is -0.394 e. The lowest BCUT2D eigenvalue weighted by molar-refractivity contribution is -0.122. The molecule has 1 heterocycles. The van der Waals surface area contributed by atoms with Crippen LogP contribution in [0, 0.1) is 0 Å². The number of benzene rings is 1. The van der Waals surface area contributed by atoms with Crippen molar-refractivity contribution < 1.29 is 9.90 Å². The number of nitrogens with two attached hydrogens (primary N) is 1. The minimum atomic E-state index is -1.31. The first-order chi connectivity index (χ1) is 6.58. The highest BCUT2D eigenvalue weighted by atomic mass is 79.9. The standard InChI is InChI=1S/C9H9BrN2O2/c10-5-1-2-7-6(3-5)9(11,4-13)8(14)12-7/h1-3,13H,4,11H2,(H,12,14). The molecule has 4 N–H and O–H groups in total. The van der Waals surface area contributed by atoms with Gasteiger partial charge in [-0.2, -0.15) is 0 Å². The second-order valence-corrected chi connectivity index (χ2v) is 4.19. The maximum absolute atomic E-state index is 11.5. The van der Waals surface area contributed by atoms with Crippen LogP contribution >= 0.6 is 15.9 Å². The summed E-state index contributed by atoms with van der Waals surface area (Å²) in [5, 5.41) is 11.8. The Bertz CT molecular complexity index is 408. The Hall–Kier alpha value is -0.910. The number of amides is 1. The van der Waals surface area contributed by atoms with E-state index < -0.39 is 12.1 Å². The van der Waals surface area contributed by atoms with Gasteiger partial charge >= 0.3 is 0 Å². The van der Waals surface area contributed by atoms with Gasteiger partial charge in [-0.25, -0.2) is 0 Å². The quantitative estimate of drug-likeness (QED) is 0.687. The lowest BCUT2D eigenvalue weighted by Crippen LogP contribution is -2.46. The van der Waals surface area contributed by atoms with Crippen molar-refractivity contribution in [1.82, 2.24) is 0 Å². The number of aliphatic hydroxyl groups excluding tert-OH is 1. The Morgan fingerprint density at radius 2 is 2.29 bits per heavy atom. The zero-order valence-corrected chi connectivity index (χ0v) is 8.84. The molecule has 0 aliphatic carbocycles. The topological polar surface area (TPSA) is 75.3 Å². The molecule has 1 aliphatic heterocycles. The Labute approximate surface area is 89.2 Å². The summed E-state index contributed by atoms with van der Waals surface area (Å²) in [4.78, 5) is 11.5. The fraction of sp³-hybridized carbons (Fsp3) is 0.222. The summed E-state index contributed by atoms with van der Waals surface area (Å²) in [6, 6.07) is 5.30. The molecule has 2 rings (SSSR count). The van der Waals surface area contributed by atoms with E-state index in [4.69, 9.17) is 10.8 Å². The Morgan fingerprint density at radius 1 is 1.57 bits per heavy atom. The molecule has 1 atom stereocenters. The van der Waals surface area contributed by atoms with Crippen molar-refractivity contribution in [3.05, 3.63) is 28.2 Å². The number of hydrogen-bond acceptors (Lipinski definition) is 3. The molecule has 0 spiro atoms. The van der Waals surface area contributed by atoms with Gasteiger partial charge in [-0.3, -0.25) is 4.79 Å². The van der Waals surface area contributed by atoms with Crippen LogP contribution in [0.15, 0.2) is 22.7 Å². The van der Waals surface area contributed by atoms with Crippen molar-refractivity contribution in [3.8, 4) is 0 Å². The van der Waals surface area contributed by atoms with Crippen LogP contribution in [-0.4, -0.2) is 17.6 Å².